The molecular weight excluding hydrogens is 490 g/mol. The Labute approximate surface area is 220 Å². The summed E-state index contributed by atoms with van der Waals surface area (Å²) in [5, 5.41) is 14.6. The third kappa shape index (κ3) is 6.61. The zero-order valence-corrected chi connectivity index (χ0v) is 21.5. The van der Waals surface area contributed by atoms with Crippen molar-refractivity contribution in [1.82, 2.24) is 24.5 Å². The zero-order chi connectivity index (χ0) is 28.6. The molecule has 0 saturated carbocycles. The highest BCUT2D eigenvalue weighted by molar-refractivity contribution is 5.94. The van der Waals surface area contributed by atoms with Gasteiger partial charge in [-0.15, -0.1) is 30.8 Å². The van der Waals surface area contributed by atoms with Gasteiger partial charge in [-0.3, -0.25) is 4.79 Å². The van der Waals surface area contributed by atoms with Crippen molar-refractivity contribution in [2.24, 2.45) is 0 Å². The van der Waals surface area contributed by atoms with E-state index in [2.05, 4.69) is 40.8 Å². The Bertz CT molecular complexity index is 1450. The minimum atomic E-state index is -0.964. The number of nitrogen functional groups attached to an aromatic ring is 1. The third-order valence-electron chi connectivity index (χ3n) is 5.69. The summed E-state index contributed by atoms with van der Waals surface area (Å²) in [6.07, 6.45) is 17.9. The minimum Gasteiger partial charge on any atom is -0.386 e. The van der Waals surface area contributed by atoms with Gasteiger partial charge in [-0.2, -0.15) is 4.52 Å². The monoisotopic (exact) mass is 520 g/mol. The molecule has 0 aliphatic carbocycles. The van der Waals surface area contributed by atoms with Gasteiger partial charge in [0.15, 0.2) is 17.3 Å². The molecule has 8 nitrogen and oxygen atoms in total. The molecule has 2 aromatic carbocycles. The molecule has 2 heterocycles. The molecule has 0 fully saturated rings. The molecule has 0 saturated heterocycles. The number of unbranched alkanes of at least 4 members (excludes halogenated alkanes) is 1. The lowest BCUT2D eigenvalue weighted by Crippen LogP contribution is -2.28. The van der Waals surface area contributed by atoms with Crippen LogP contribution in [0.5, 0.6) is 0 Å². The highest BCUT2D eigenvalue weighted by Gasteiger charge is 2.18. The number of aryl methyl sites for hydroxylation is 1. The molecule has 0 spiro atoms. The lowest BCUT2D eigenvalue weighted by molar-refractivity contribution is 0.0770. The van der Waals surface area contributed by atoms with Gasteiger partial charge in [0.25, 0.3) is 5.91 Å². The maximum Gasteiger partial charge on any atom is 0.253 e. The van der Waals surface area contributed by atoms with Crippen LogP contribution in [0.15, 0.2) is 36.4 Å². The predicted molar refractivity (Wildman–Crippen MR) is 144 cm³/mol. The van der Waals surface area contributed by atoms with E-state index in [0.717, 1.165) is 17.7 Å². The average Bonchev–Trinajstić information content (AvgIpc) is 3.34. The van der Waals surface area contributed by atoms with Gasteiger partial charge in [0.2, 0.25) is 5.95 Å². The molecule has 0 aliphatic heterocycles. The Morgan fingerprint density at radius 3 is 2.32 bits per heavy atom. The van der Waals surface area contributed by atoms with Crippen molar-refractivity contribution in [2.45, 2.75) is 38.7 Å². The van der Waals surface area contributed by atoms with Crippen LogP contribution in [0, 0.1) is 37.3 Å². The van der Waals surface area contributed by atoms with Crippen LogP contribution in [0.2, 0.25) is 0 Å². The van der Waals surface area contributed by atoms with Gasteiger partial charge in [0.05, 0.1) is 11.0 Å². The average molecular weight is 521 g/mol. The van der Waals surface area contributed by atoms with E-state index in [-0.39, 0.29) is 28.4 Å². The molecule has 4 aromatic rings. The summed E-state index contributed by atoms with van der Waals surface area (Å²) < 4.78 is 29.1. The normalized spacial score (nSPS) is 10.8. The number of anilines is 1. The summed E-state index contributed by atoms with van der Waals surface area (Å²) in [6, 6.07) is 8.83. The van der Waals surface area contributed by atoms with Gasteiger partial charge in [-0.25, -0.2) is 18.7 Å². The number of aromatic nitrogens is 4. The first-order chi connectivity index (χ1) is 18.0. The summed E-state index contributed by atoms with van der Waals surface area (Å²) in [5.41, 5.74) is 6.40. The molecule has 0 atom stereocenters. The lowest BCUT2D eigenvalue weighted by atomic mass is 9.97. The Kier molecular flexibility index (Phi) is 9.86. The van der Waals surface area contributed by atoms with E-state index in [1.165, 1.54) is 4.52 Å². The highest BCUT2D eigenvalue weighted by Crippen LogP contribution is 2.24. The van der Waals surface area contributed by atoms with Crippen LogP contribution in [0.4, 0.5) is 14.7 Å². The molecule has 0 aliphatic rings. The van der Waals surface area contributed by atoms with E-state index in [9.17, 15) is 18.7 Å². The first kappa shape index (κ1) is 29.7. The quantitative estimate of drug-likeness (QED) is 0.282. The second-order valence-corrected chi connectivity index (χ2v) is 8.84. The van der Waals surface area contributed by atoms with E-state index in [4.69, 9.17) is 5.73 Å². The minimum absolute atomic E-state index is 0.0345. The van der Waals surface area contributed by atoms with E-state index in [0.29, 0.717) is 37.2 Å². The van der Waals surface area contributed by atoms with Crippen molar-refractivity contribution in [3.05, 3.63) is 65.0 Å². The van der Waals surface area contributed by atoms with Crippen LogP contribution in [0.3, 0.4) is 0 Å². The fourth-order valence-corrected chi connectivity index (χ4v) is 3.78. The van der Waals surface area contributed by atoms with Crippen LogP contribution in [-0.2, 0) is 12.0 Å². The van der Waals surface area contributed by atoms with Crippen LogP contribution in [-0.4, -0.2) is 49.1 Å². The van der Waals surface area contributed by atoms with Crippen LogP contribution >= 0.6 is 0 Å². The number of fused-ring (bicyclic) bond motifs is 3. The molecule has 1 amide bonds. The Balaban J connectivity index is 0.00000121. The summed E-state index contributed by atoms with van der Waals surface area (Å²) in [5.74, 6) is -1.21. The topological polar surface area (TPSA) is 110 Å². The van der Waals surface area contributed by atoms with E-state index in [1.54, 1.807) is 50.1 Å². The summed E-state index contributed by atoms with van der Waals surface area (Å²) in [6.45, 7) is 3.91. The van der Waals surface area contributed by atoms with E-state index < -0.39 is 17.2 Å². The molecular formula is C28H30F2N6O2. The van der Waals surface area contributed by atoms with Gasteiger partial charge in [-0.1, -0.05) is 12.1 Å². The van der Waals surface area contributed by atoms with Crippen LogP contribution in [0.1, 0.15) is 48.4 Å². The fourth-order valence-electron chi connectivity index (χ4n) is 3.78. The van der Waals surface area contributed by atoms with Gasteiger partial charge < -0.3 is 15.7 Å². The van der Waals surface area contributed by atoms with Gasteiger partial charge in [0.1, 0.15) is 11.3 Å². The largest absolute Gasteiger partial charge is 0.386 e. The Morgan fingerprint density at radius 1 is 1.08 bits per heavy atom. The maximum absolute atomic E-state index is 14.1. The molecule has 38 heavy (non-hydrogen) atoms. The first-order valence-corrected chi connectivity index (χ1v) is 11.6. The first-order valence-electron chi connectivity index (χ1n) is 11.6. The summed E-state index contributed by atoms with van der Waals surface area (Å²) in [7, 11) is 1.73. The van der Waals surface area contributed by atoms with Crippen molar-refractivity contribution in [3.8, 4) is 25.7 Å². The number of nitrogens with two attached hydrogens (primary N) is 1. The van der Waals surface area contributed by atoms with Crippen LogP contribution in [0.25, 0.3) is 16.6 Å². The van der Waals surface area contributed by atoms with E-state index in [1.807, 2.05) is 0 Å². The number of aliphatic hydroxyl groups is 1. The lowest BCUT2D eigenvalue weighted by Gasteiger charge is -2.20. The van der Waals surface area contributed by atoms with E-state index >= 15 is 0 Å². The van der Waals surface area contributed by atoms with Gasteiger partial charge in [0, 0.05) is 31.6 Å². The Hall–Kier alpha value is -4.54. The van der Waals surface area contributed by atoms with Crippen molar-refractivity contribution in [1.29, 1.82) is 0 Å². The zero-order valence-electron chi connectivity index (χ0n) is 21.5. The number of carbonyl (C=O) groups excluding carboxylic acids is 1. The van der Waals surface area contributed by atoms with Crippen molar-refractivity contribution >= 4 is 28.4 Å². The van der Waals surface area contributed by atoms with Crippen molar-refractivity contribution in [3.63, 3.8) is 0 Å². The number of nitrogens with zero attached hydrogens (tertiary/aromatic N) is 5. The second-order valence-electron chi connectivity index (χ2n) is 8.84. The Morgan fingerprint density at radius 2 is 1.71 bits per heavy atom. The number of terminal acetylenes is 2. The van der Waals surface area contributed by atoms with Crippen LogP contribution < -0.4 is 5.73 Å². The molecule has 2 aromatic heterocycles. The molecule has 3 N–H and O–H groups in total. The van der Waals surface area contributed by atoms with Gasteiger partial charge in [-0.05, 0) is 50.5 Å². The number of rotatable bonds is 7. The summed E-state index contributed by atoms with van der Waals surface area (Å²) in [4.78, 5) is 22.7. The standard InChI is InChI=1S/C24H26F2N6O2.2C2H2/c1-24(2,34)15-9-7-14(8-10-15)22(33)31(3)11-5-4-6-19-28-21-17-12-16(25)13-18(26)20(17)29-23(27)32(21)30-19;2*1-2/h7-10,12-13,34H,4-6,11H2,1-3H3,(H2,27,29);2*1-2H. The molecule has 4 rings (SSSR count). The number of halogens is 2. The van der Waals surface area contributed by atoms with Crippen molar-refractivity contribution < 1.29 is 18.7 Å². The summed E-state index contributed by atoms with van der Waals surface area (Å²) >= 11 is 0. The number of hydrogen-bond donors (Lipinski definition) is 2. The number of carbonyl (C=O) groups is 1. The fraction of sp³-hybridized carbons (Fsp3) is 0.286. The third-order valence-corrected chi connectivity index (χ3v) is 5.69. The maximum atomic E-state index is 14.1. The SMILES string of the molecule is C#C.C#C.CN(CCCCc1nc2c3cc(F)cc(F)c3nc(N)n2n1)C(=O)c1ccc(C(C)(C)O)cc1. The number of benzene rings is 2. The smallest absolute Gasteiger partial charge is 0.253 e. The highest BCUT2D eigenvalue weighted by atomic mass is 19.1. The molecule has 10 heteroatoms. The predicted octanol–water partition coefficient (Wildman–Crippen LogP) is 3.96. The number of hydrogen-bond acceptors (Lipinski definition) is 6. The molecule has 0 radical (unpaired) electrons. The van der Waals surface area contributed by atoms with Crippen molar-refractivity contribution in [2.75, 3.05) is 19.3 Å². The molecule has 198 valence electrons. The second kappa shape index (κ2) is 12.6. The molecule has 0 bridgehead atoms. The van der Waals surface area contributed by atoms with Gasteiger partial charge >= 0.3 is 0 Å². The molecule has 0 unspecified atom stereocenters. The number of amides is 1.